The lowest BCUT2D eigenvalue weighted by atomic mass is 9.33. The van der Waals surface area contributed by atoms with Crippen molar-refractivity contribution < 1.29 is 14.7 Å². The highest BCUT2D eigenvalue weighted by Gasteiger charge is 2.70. The van der Waals surface area contributed by atoms with Crippen LogP contribution >= 0.6 is 0 Å². The van der Waals surface area contributed by atoms with Crippen LogP contribution in [0.4, 0.5) is 5.95 Å². The minimum absolute atomic E-state index is 0.00436. The molecule has 1 heterocycles. The van der Waals surface area contributed by atoms with E-state index in [0.717, 1.165) is 67.5 Å². The number of carbonyl (C=O) groups is 2. The van der Waals surface area contributed by atoms with Gasteiger partial charge in [-0.1, -0.05) is 48.5 Å². The van der Waals surface area contributed by atoms with Crippen LogP contribution in [0, 0.1) is 64.6 Å². The lowest BCUT2D eigenvalue weighted by molar-refractivity contribution is -0.228. The molecule has 0 aliphatic heterocycles. The van der Waals surface area contributed by atoms with Gasteiger partial charge in [-0.05, 0) is 128 Å². The van der Waals surface area contributed by atoms with E-state index in [1.54, 1.807) is 0 Å². The summed E-state index contributed by atoms with van der Waals surface area (Å²) >= 11 is 0. The second-order valence-electron chi connectivity index (χ2n) is 16.6. The Morgan fingerprint density at radius 3 is 2.21 bits per heavy atom. The fourth-order valence-electron chi connectivity index (χ4n) is 11.9. The van der Waals surface area contributed by atoms with Gasteiger partial charge in [0, 0.05) is 17.8 Å². The number of amides is 1. The van der Waals surface area contributed by atoms with Crippen LogP contribution in [0.5, 0.6) is 0 Å². The van der Waals surface area contributed by atoms with Gasteiger partial charge in [0.05, 0.1) is 11.5 Å². The third-order valence-electron chi connectivity index (χ3n) is 14.1. The van der Waals surface area contributed by atoms with Gasteiger partial charge >= 0.3 is 0 Å². The molecule has 4 fully saturated rings. The first-order chi connectivity index (χ1) is 19.5. The van der Waals surface area contributed by atoms with E-state index in [0.29, 0.717) is 24.2 Å². The predicted octanol–water partition coefficient (Wildman–Crippen LogP) is 7.37. The Kier molecular flexibility index (Phi) is 6.75. The molecular weight excluding hydrogens is 522 g/mol. The van der Waals surface area contributed by atoms with Crippen LogP contribution in [-0.4, -0.2) is 32.9 Å². The largest absolute Gasteiger partial charge is 0.393 e. The summed E-state index contributed by atoms with van der Waals surface area (Å²) < 4.78 is 0. The zero-order valence-corrected chi connectivity index (χ0v) is 27.5. The number of Topliss-reactive ketones (excluding diaryl/α,β-unsaturated/α-hetero) is 1. The summed E-state index contributed by atoms with van der Waals surface area (Å²) in [7, 11) is 0. The highest BCUT2D eigenvalue weighted by atomic mass is 16.3. The lowest BCUT2D eigenvalue weighted by Gasteiger charge is -2.72. The van der Waals surface area contributed by atoms with E-state index in [1.807, 2.05) is 19.9 Å². The molecule has 0 aromatic carbocycles. The second-order valence-corrected chi connectivity index (χ2v) is 16.6. The van der Waals surface area contributed by atoms with Crippen LogP contribution in [0.1, 0.15) is 118 Å². The molecule has 2 unspecified atom stereocenters. The van der Waals surface area contributed by atoms with E-state index < -0.39 is 5.41 Å². The molecule has 0 saturated heterocycles. The smallest absolute Gasteiger partial charge is 0.237 e. The molecule has 4 saturated carbocycles. The summed E-state index contributed by atoms with van der Waals surface area (Å²) in [5.41, 5.74) is 3.13. The number of nitrogens with one attached hydrogen (secondary N) is 1. The monoisotopic (exact) mass is 575 g/mol. The fourth-order valence-corrected chi connectivity index (χ4v) is 11.9. The number of rotatable bonds is 3. The molecule has 8 atom stereocenters. The minimum atomic E-state index is -0.816. The molecule has 42 heavy (non-hydrogen) atoms. The minimum Gasteiger partial charge on any atom is -0.393 e. The van der Waals surface area contributed by atoms with Crippen LogP contribution in [0.25, 0.3) is 0 Å². The van der Waals surface area contributed by atoms with E-state index in [9.17, 15) is 14.7 Å². The third kappa shape index (κ3) is 3.85. The normalized spacial score (nSPS) is 42.5. The quantitative estimate of drug-likeness (QED) is 0.392. The molecule has 0 radical (unpaired) electrons. The van der Waals surface area contributed by atoms with E-state index in [-0.39, 0.29) is 57.7 Å². The molecular formula is C36H53N3O3. The first kappa shape index (κ1) is 30.0. The van der Waals surface area contributed by atoms with Crippen molar-refractivity contribution in [1.29, 1.82) is 0 Å². The van der Waals surface area contributed by atoms with Crippen molar-refractivity contribution in [3.63, 3.8) is 0 Å². The molecule has 0 bridgehead atoms. The van der Waals surface area contributed by atoms with Crippen molar-refractivity contribution in [3.8, 4) is 0 Å². The van der Waals surface area contributed by atoms with Crippen molar-refractivity contribution in [1.82, 2.24) is 9.97 Å². The number of fused-ring (bicyclic) bond motifs is 7. The Bertz CT molecular complexity index is 1340. The number of aromatic nitrogens is 2. The molecule has 6 nitrogen and oxygen atoms in total. The van der Waals surface area contributed by atoms with E-state index in [4.69, 9.17) is 0 Å². The highest BCUT2D eigenvalue weighted by molar-refractivity contribution is 6.09. The summed E-state index contributed by atoms with van der Waals surface area (Å²) in [5.74, 6) is 1.78. The maximum absolute atomic E-state index is 14.4. The molecule has 2 N–H and O–H groups in total. The zero-order valence-electron chi connectivity index (χ0n) is 27.5. The first-order valence-corrected chi connectivity index (χ1v) is 16.6. The predicted molar refractivity (Wildman–Crippen MR) is 166 cm³/mol. The van der Waals surface area contributed by atoms with Crippen LogP contribution in [-0.2, 0) is 9.59 Å². The van der Waals surface area contributed by atoms with E-state index in [1.165, 1.54) is 0 Å². The van der Waals surface area contributed by atoms with Gasteiger partial charge in [-0.25, -0.2) is 9.97 Å². The topological polar surface area (TPSA) is 92.2 Å². The Hall–Kier alpha value is -2.08. The number of anilines is 1. The summed E-state index contributed by atoms with van der Waals surface area (Å²) in [6, 6.07) is 1.91. The fraction of sp³-hybridized carbons (Fsp3) is 0.778. The Labute approximate surface area is 252 Å². The Morgan fingerprint density at radius 1 is 0.905 bits per heavy atom. The van der Waals surface area contributed by atoms with Crippen molar-refractivity contribution in [2.75, 3.05) is 5.32 Å². The number of ketones is 1. The maximum Gasteiger partial charge on any atom is 0.237 e. The van der Waals surface area contributed by atoms with Crippen molar-refractivity contribution in [2.45, 2.75) is 126 Å². The van der Waals surface area contributed by atoms with Crippen molar-refractivity contribution in [3.05, 3.63) is 28.6 Å². The molecule has 5 aliphatic rings. The summed E-state index contributed by atoms with van der Waals surface area (Å²) in [6.45, 7) is 20.3. The SMILES string of the molecule is Cc1cc(C)nc(NC(=O)[C@@]23CC[C@]4(C)[C@H](CCC5[C@@]6(C)CC[C@H](O)C(C)(C)C6CC[C@]54C)C2=C(C(C)C)C(=O)C3)n1. The van der Waals surface area contributed by atoms with Gasteiger partial charge in [0.2, 0.25) is 11.9 Å². The van der Waals surface area contributed by atoms with Gasteiger partial charge in [0.1, 0.15) is 0 Å². The number of nitrogens with zero attached hydrogens (tertiary/aromatic N) is 2. The Morgan fingerprint density at radius 2 is 1.57 bits per heavy atom. The molecule has 1 amide bonds. The van der Waals surface area contributed by atoms with E-state index >= 15 is 0 Å². The molecule has 230 valence electrons. The number of carbonyl (C=O) groups excluding carboxylic acids is 2. The molecule has 1 aromatic rings. The van der Waals surface area contributed by atoms with Crippen LogP contribution in [0.3, 0.4) is 0 Å². The summed E-state index contributed by atoms with van der Waals surface area (Å²) in [6.07, 6.45) is 8.08. The van der Waals surface area contributed by atoms with Gasteiger partial charge in [0.15, 0.2) is 5.78 Å². The van der Waals surface area contributed by atoms with Gasteiger partial charge < -0.3 is 5.11 Å². The average molecular weight is 576 g/mol. The molecule has 1 aromatic heterocycles. The van der Waals surface area contributed by atoms with Crippen molar-refractivity contribution >= 4 is 17.6 Å². The van der Waals surface area contributed by atoms with Crippen LogP contribution in [0.2, 0.25) is 0 Å². The average Bonchev–Trinajstić information content (AvgIpc) is 3.20. The van der Waals surface area contributed by atoms with Crippen molar-refractivity contribution in [2.24, 2.45) is 50.7 Å². The zero-order chi connectivity index (χ0) is 30.6. The maximum atomic E-state index is 14.4. The number of hydrogen-bond donors (Lipinski definition) is 2. The summed E-state index contributed by atoms with van der Waals surface area (Å²) in [4.78, 5) is 37.3. The van der Waals surface area contributed by atoms with E-state index in [2.05, 4.69) is 63.8 Å². The second kappa shape index (κ2) is 9.46. The van der Waals surface area contributed by atoms with Gasteiger partial charge in [0.25, 0.3) is 0 Å². The molecule has 6 heteroatoms. The third-order valence-corrected chi connectivity index (χ3v) is 14.1. The number of aryl methyl sites for hydroxylation is 2. The van der Waals surface area contributed by atoms with Gasteiger partial charge in [-0.3, -0.25) is 14.9 Å². The highest BCUT2D eigenvalue weighted by Crippen LogP contribution is 2.76. The van der Waals surface area contributed by atoms with Crippen LogP contribution in [0.15, 0.2) is 17.2 Å². The Balaban J connectivity index is 1.42. The number of allylic oxidation sites excluding steroid dienone is 1. The molecule has 6 rings (SSSR count). The number of aliphatic hydroxyl groups excluding tert-OH is 1. The molecule has 0 spiro atoms. The number of hydrogen-bond acceptors (Lipinski definition) is 5. The first-order valence-electron chi connectivity index (χ1n) is 16.6. The molecule has 5 aliphatic carbocycles. The standard InChI is InChI=1S/C36H53N3O3/c1-20(2)28-24(40)19-36(30(42)39-31-37-21(3)18-22(4)38-31)17-16-34(8)23(29(28)36)10-11-26-33(7)14-13-27(41)32(5,6)25(33)12-15-35(26,34)9/h18,20,23,25-27,41H,10-17,19H2,1-9H3,(H,37,38,39,42)/t23-,25?,26?,27+,33+,34-,35-,36-/m1/s1. The summed E-state index contributed by atoms with van der Waals surface area (Å²) in [5, 5.41) is 14.1. The van der Waals surface area contributed by atoms with Crippen LogP contribution < -0.4 is 5.32 Å². The van der Waals surface area contributed by atoms with Gasteiger partial charge in [-0.2, -0.15) is 0 Å². The van der Waals surface area contributed by atoms with Gasteiger partial charge in [-0.15, -0.1) is 0 Å². The lowest BCUT2D eigenvalue weighted by Crippen LogP contribution is -2.66. The number of aliphatic hydroxyl groups is 1.